The number of methoxy groups -OCH3 is 1. The average Bonchev–Trinajstić information content (AvgIpc) is 3.54. The molecule has 1 fully saturated rings. The molecule has 1 heterocycles. The second-order valence-electron chi connectivity index (χ2n) is 8.57. The number of ether oxygens (including phenoxy) is 1. The number of rotatable bonds is 8. The van der Waals surface area contributed by atoms with Gasteiger partial charge in [-0.15, -0.1) is 0 Å². The van der Waals surface area contributed by atoms with Crippen LogP contribution >= 0.6 is 0 Å². The number of nitrogens with zero attached hydrogens (tertiary/aromatic N) is 1. The van der Waals surface area contributed by atoms with Crippen molar-refractivity contribution in [3.63, 3.8) is 0 Å². The van der Waals surface area contributed by atoms with E-state index in [9.17, 15) is 9.59 Å². The molecule has 1 atom stereocenters. The van der Waals surface area contributed by atoms with Gasteiger partial charge < -0.3 is 19.4 Å². The first-order chi connectivity index (χ1) is 16.0. The second-order valence-corrected chi connectivity index (χ2v) is 8.57. The highest BCUT2D eigenvalue weighted by atomic mass is 16.5. The summed E-state index contributed by atoms with van der Waals surface area (Å²) in [4.78, 5) is 28.9. The normalized spacial score (nSPS) is 14.6. The van der Waals surface area contributed by atoms with Crippen molar-refractivity contribution in [1.82, 2.24) is 10.2 Å². The van der Waals surface area contributed by atoms with Crippen LogP contribution in [0.3, 0.4) is 0 Å². The van der Waals surface area contributed by atoms with E-state index >= 15 is 0 Å². The van der Waals surface area contributed by atoms with E-state index in [1.165, 1.54) is 6.26 Å². The molecule has 1 aromatic heterocycles. The Hall–Kier alpha value is -3.54. The van der Waals surface area contributed by atoms with Gasteiger partial charge in [0.15, 0.2) is 5.76 Å². The molecule has 0 bridgehead atoms. The SMILES string of the molecule is COc1cccc([C@@H](C(=O)NC2CCCC2)N(Cc2ccc(C)cc2)C(=O)c2ccco2)c1. The molecule has 0 spiro atoms. The lowest BCUT2D eigenvalue weighted by molar-refractivity contribution is -0.126. The smallest absolute Gasteiger partial charge is 0.290 e. The summed E-state index contributed by atoms with van der Waals surface area (Å²) in [6.07, 6.45) is 5.60. The van der Waals surface area contributed by atoms with E-state index in [0.717, 1.165) is 36.8 Å². The summed E-state index contributed by atoms with van der Waals surface area (Å²) >= 11 is 0. The Kier molecular flexibility index (Phi) is 7.13. The van der Waals surface area contributed by atoms with Crippen LogP contribution in [0.1, 0.15) is 59.0 Å². The topological polar surface area (TPSA) is 71.8 Å². The second kappa shape index (κ2) is 10.4. The fourth-order valence-corrected chi connectivity index (χ4v) is 4.35. The number of hydrogen-bond donors (Lipinski definition) is 1. The molecule has 0 radical (unpaired) electrons. The molecule has 172 valence electrons. The Bertz CT molecular complexity index is 1070. The van der Waals surface area contributed by atoms with Gasteiger partial charge in [0.05, 0.1) is 13.4 Å². The first-order valence-electron chi connectivity index (χ1n) is 11.4. The van der Waals surface area contributed by atoms with E-state index in [0.29, 0.717) is 11.3 Å². The maximum Gasteiger partial charge on any atom is 0.290 e. The Morgan fingerprint density at radius 1 is 1.09 bits per heavy atom. The zero-order valence-corrected chi connectivity index (χ0v) is 19.1. The van der Waals surface area contributed by atoms with Gasteiger partial charge in [-0.3, -0.25) is 9.59 Å². The number of benzene rings is 2. The summed E-state index contributed by atoms with van der Waals surface area (Å²) in [6, 6.07) is 17.9. The number of hydrogen-bond acceptors (Lipinski definition) is 4. The van der Waals surface area contributed by atoms with E-state index < -0.39 is 6.04 Å². The van der Waals surface area contributed by atoms with E-state index in [1.54, 1.807) is 24.1 Å². The quantitative estimate of drug-likeness (QED) is 0.526. The van der Waals surface area contributed by atoms with Gasteiger partial charge in [-0.1, -0.05) is 54.8 Å². The van der Waals surface area contributed by atoms with Gasteiger partial charge in [-0.05, 0) is 55.2 Å². The van der Waals surface area contributed by atoms with Crippen molar-refractivity contribution < 1.29 is 18.7 Å². The summed E-state index contributed by atoms with van der Waals surface area (Å²) in [5.74, 6) is 0.299. The molecule has 4 rings (SSSR count). The number of carbonyl (C=O) groups excluding carboxylic acids is 2. The lowest BCUT2D eigenvalue weighted by Crippen LogP contribution is -2.45. The van der Waals surface area contributed by atoms with Crippen molar-refractivity contribution in [2.45, 2.75) is 51.2 Å². The fourth-order valence-electron chi connectivity index (χ4n) is 4.35. The van der Waals surface area contributed by atoms with Gasteiger partial charge in [0, 0.05) is 12.6 Å². The Morgan fingerprint density at radius 2 is 1.85 bits per heavy atom. The van der Waals surface area contributed by atoms with Crippen LogP contribution in [0.4, 0.5) is 0 Å². The van der Waals surface area contributed by atoms with Crippen molar-refractivity contribution in [3.8, 4) is 5.75 Å². The van der Waals surface area contributed by atoms with E-state index in [1.807, 2.05) is 55.5 Å². The lowest BCUT2D eigenvalue weighted by atomic mass is 10.0. The minimum atomic E-state index is -0.834. The summed E-state index contributed by atoms with van der Waals surface area (Å²) in [5, 5.41) is 3.19. The van der Waals surface area contributed by atoms with Crippen molar-refractivity contribution in [1.29, 1.82) is 0 Å². The lowest BCUT2D eigenvalue weighted by Gasteiger charge is -2.32. The summed E-state index contributed by atoms with van der Waals surface area (Å²) < 4.78 is 10.8. The molecule has 1 N–H and O–H groups in total. The van der Waals surface area contributed by atoms with E-state index in [2.05, 4.69) is 5.32 Å². The standard InChI is InChI=1S/C27H30N2O4/c1-19-12-14-20(15-13-19)18-29(27(31)24-11-6-16-33-24)25(21-7-5-10-23(17-21)32-2)26(30)28-22-8-3-4-9-22/h5-7,10-17,22,25H,3-4,8-9,18H2,1-2H3,(H,28,30)/t25-/m0/s1. The van der Waals surface area contributed by atoms with E-state index in [-0.39, 0.29) is 30.2 Å². The summed E-state index contributed by atoms with van der Waals surface area (Å²) in [5.41, 5.74) is 2.75. The third-order valence-corrected chi connectivity index (χ3v) is 6.14. The van der Waals surface area contributed by atoms with Crippen molar-refractivity contribution in [2.24, 2.45) is 0 Å². The first kappa shape index (κ1) is 22.6. The highest BCUT2D eigenvalue weighted by Crippen LogP contribution is 2.29. The minimum Gasteiger partial charge on any atom is -0.497 e. The molecule has 2 amide bonds. The van der Waals surface area contributed by atoms with Crippen LogP contribution in [0.2, 0.25) is 0 Å². The number of nitrogens with one attached hydrogen (secondary N) is 1. The zero-order chi connectivity index (χ0) is 23.2. The van der Waals surface area contributed by atoms with Crippen LogP contribution in [0.25, 0.3) is 0 Å². The molecule has 3 aromatic rings. The van der Waals surface area contributed by atoms with Crippen LogP contribution in [0, 0.1) is 6.92 Å². The molecular formula is C27H30N2O4. The largest absolute Gasteiger partial charge is 0.497 e. The van der Waals surface area contributed by atoms with Crippen LogP contribution in [-0.4, -0.2) is 29.9 Å². The molecule has 6 nitrogen and oxygen atoms in total. The van der Waals surface area contributed by atoms with Crippen LogP contribution < -0.4 is 10.1 Å². The molecule has 33 heavy (non-hydrogen) atoms. The van der Waals surface area contributed by atoms with Crippen LogP contribution in [-0.2, 0) is 11.3 Å². The van der Waals surface area contributed by atoms with Crippen molar-refractivity contribution >= 4 is 11.8 Å². The van der Waals surface area contributed by atoms with Gasteiger partial charge in [0.1, 0.15) is 11.8 Å². The predicted molar refractivity (Wildman–Crippen MR) is 126 cm³/mol. The van der Waals surface area contributed by atoms with E-state index in [4.69, 9.17) is 9.15 Å². The predicted octanol–water partition coefficient (Wildman–Crippen LogP) is 5.04. The number of furan rings is 1. The highest BCUT2D eigenvalue weighted by molar-refractivity contribution is 5.96. The highest BCUT2D eigenvalue weighted by Gasteiger charge is 2.35. The van der Waals surface area contributed by atoms with Gasteiger partial charge in [0.25, 0.3) is 5.91 Å². The molecule has 1 aliphatic rings. The molecular weight excluding hydrogens is 416 g/mol. The Balaban J connectivity index is 1.75. The molecule has 2 aromatic carbocycles. The van der Waals surface area contributed by atoms with Gasteiger partial charge in [-0.2, -0.15) is 0 Å². The fraction of sp³-hybridized carbons (Fsp3) is 0.333. The van der Waals surface area contributed by atoms with Gasteiger partial charge in [0.2, 0.25) is 5.91 Å². The molecule has 6 heteroatoms. The molecule has 0 aliphatic heterocycles. The Morgan fingerprint density at radius 3 is 2.52 bits per heavy atom. The number of amides is 2. The zero-order valence-electron chi connectivity index (χ0n) is 19.1. The van der Waals surface area contributed by atoms with Crippen LogP contribution in [0.5, 0.6) is 5.75 Å². The molecule has 1 saturated carbocycles. The van der Waals surface area contributed by atoms with Crippen molar-refractivity contribution in [2.75, 3.05) is 7.11 Å². The molecule has 0 saturated heterocycles. The third kappa shape index (κ3) is 5.45. The van der Waals surface area contributed by atoms with Crippen LogP contribution in [0.15, 0.2) is 71.3 Å². The summed E-state index contributed by atoms with van der Waals surface area (Å²) in [7, 11) is 1.59. The maximum atomic E-state index is 13.7. The monoisotopic (exact) mass is 446 g/mol. The molecule has 1 aliphatic carbocycles. The minimum absolute atomic E-state index is 0.130. The average molecular weight is 447 g/mol. The van der Waals surface area contributed by atoms with Crippen molar-refractivity contribution in [3.05, 3.63) is 89.4 Å². The Labute approximate surface area is 194 Å². The number of aryl methyl sites for hydroxylation is 1. The van der Waals surface area contributed by atoms with Gasteiger partial charge in [-0.25, -0.2) is 0 Å². The number of carbonyl (C=O) groups is 2. The summed E-state index contributed by atoms with van der Waals surface area (Å²) in [6.45, 7) is 2.28. The third-order valence-electron chi connectivity index (χ3n) is 6.14. The van der Waals surface area contributed by atoms with Gasteiger partial charge >= 0.3 is 0 Å². The molecule has 0 unspecified atom stereocenters. The first-order valence-corrected chi connectivity index (χ1v) is 11.4. The maximum absolute atomic E-state index is 13.7.